The van der Waals surface area contributed by atoms with Crippen molar-refractivity contribution in [2.75, 3.05) is 17.2 Å². The fraction of sp³-hybridized carbons (Fsp3) is 0.0870. The molecule has 0 radical (unpaired) electrons. The SMILES string of the molecule is O=C(CCN1C(=O)c2ccccc2C1=O)Nc1cccc(Nc2ccccc2)c1. The van der Waals surface area contributed by atoms with E-state index in [1.807, 2.05) is 48.5 Å². The Morgan fingerprint density at radius 1 is 0.724 bits per heavy atom. The molecular weight excluding hydrogens is 366 g/mol. The number of amides is 3. The summed E-state index contributed by atoms with van der Waals surface area (Å²) in [7, 11) is 0. The number of benzene rings is 3. The number of hydrogen-bond donors (Lipinski definition) is 2. The second-order valence-corrected chi connectivity index (χ2v) is 6.68. The molecule has 3 amide bonds. The first-order valence-corrected chi connectivity index (χ1v) is 9.29. The number of nitrogens with zero attached hydrogens (tertiary/aromatic N) is 1. The maximum Gasteiger partial charge on any atom is 0.261 e. The predicted molar refractivity (Wildman–Crippen MR) is 111 cm³/mol. The van der Waals surface area contributed by atoms with Crippen LogP contribution < -0.4 is 10.6 Å². The second kappa shape index (κ2) is 7.98. The van der Waals surface area contributed by atoms with Gasteiger partial charge in [-0.15, -0.1) is 0 Å². The van der Waals surface area contributed by atoms with Gasteiger partial charge >= 0.3 is 0 Å². The van der Waals surface area contributed by atoms with Crippen LogP contribution in [-0.4, -0.2) is 29.2 Å². The molecular formula is C23H19N3O3. The fourth-order valence-electron chi connectivity index (χ4n) is 3.24. The highest BCUT2D eigenvalue weighted by atomic mass is 16.2. The van der Waals surface area contributed by atoms with Crippen LogP contribution >= 0.6 is 0 Å². The highest BCUT2D eigenvalue weighted by molar-refractivity contribution is 6.21. The quantitative estimate of drug-likeness (QED) is 0.628. The van der Waals surface area contributed by atoms with Gasteiger partial charge in [-0.2, -0.15) is 0 Å². The summed E-state index contributed by atoms with van der Waals surface area (Å²) in [4.78, 5) is 38.2. The molecule has 2 N–H and O–H groups in total. The van der Waals surface area contributed by atoms with Gasteiger partial charge in [0.05, 0.1) is 11.1 Å². The summed E-state index contributed by atoms with van der Waals surface area (Å²) < 4.78 is 0. The van der Waals surface area contributed by atoms with Crippen molar-refractivity contribution in [2.24, 2.45) is 0 Å². The van der Waals surface area contributed by atoms with E-state index >= 15 is 0 Å². The lowest BCUT2D eigenvalue weighted by Crippen LogP contribution is -2.32. The Kier molecular flexibility index (Phi) is 5.07. The van der Waals surface area contributed by atoms with Crippen LogP contribution in [0.1, 0.15) is 27.1 Å². The molecule has 0 unspecified atom stereocenters. The van der Waals surface area contributed by atoms with Crippen molar-refractivity contribution in [3.8, 4) is 0 Å². The highest BCUT2D eigenvalue weighted by Gasteiger charge is 2.34. The normalized spacial score (nSPS) is 12.6. The van der Waals surface area contributed by atoms with E-state index < -0.39 is 0 Å². The third-order valence-electron chi connectivity index (χ3n) is 4.65. The summed E-state index contributed by atoms with van der Waals surface area (Å²) >= 11 is 0. The Labute approximate surface area is 168 Å². The van der Waals surface area contributed by atoms with E-state index in [0.717, 1.165) is 16.3 Å². The van der Waals surface area contributed by atoms with E-state index in [4.69, 9.17) is 0 Å². The van der Waals surface area contributed by atoms with Crippen LogP contribution in [0.5, 0.6) is 0 Å². The molecule has 0 aliphatic carbocycles. The molecule has 6 heteroatoms. The van der Waals surface area contributed by atoms with Crippen LogP contribution in [0.15, 0.2) is 78.9 Å². The number of fused-ring (bicyclic) bond motifs is 1. The minimum Gasteiger partial charge on any atom is -0.355 e. The summed E-state index contributed by atoms with van der Waals surface area (Å²) in [5.41, 5.74) is 3.20. The minimum atomic E-state index is -0.354. The number of imide groups is 1. The van der Waals surface area contributed by atoms with Crippen molar-refractivity contribution in [3.05, 3.63) is 90.0 Å². The van der Waals surface area contributed by atoms with Crippen molar-refractivity contribution in [3.63, 3.8) is 0 Å². The lowest BCUT2D eigenvalue weighted by Gasteiger charge is -2.14. The van der Waals surface area contributed by atoms with E-state index in [1.54, 1.807) is 30.3 Å². The van der Waals surface area contributed by atoms with Gasteiger partial charge in [-0.3, -0.25) is 19.3 Å². The van der Waals surface area contributed by atoms with Gasteiger partial charge < -0.3 is 10.6 Å². The van der Waals surface area contributed by atoms with Gasteiger partial charge in [0.15, 0.2) is 0 Å². The first-order chi connectivity index (χ1) is 14.1. The minimum absolute atomic E-state index is 0.0296. The average Bonchev–Trinajstić information content (AvgIpc) is 2.98. The summed E-state index contributed by atoms with van der Waals surface area (Å²) in [6.07, 6.45) is 0.0296. The van der Waals surface area contributed by atoms with Gasteiger partial charge in [-0.25, -0.2) is 0 Å². The lowest BCUT2D eigenvalue weighted by molar-refractivity contribution is -0.116. The topological polar surface area (TPSA) is 78.5 Å². The molecule has 4 rings (SSSR count). The first-order valence-electron chi connectivity index (χ1n) is 9.29. The van der Waals surface area contributed by atoms with Crippen LogP contribution in [0.2, 0.25) is 0 Å². The van der Waals surface area contributed by atoms with Crippen molar-refractivity contribution >= 4 is 34.8 Å². The number of anilines is 3. The molecule has 1 heterocycles. The van der Waals surface area contributed by atoms with Crippen LogP contribution in [-0.2, 0) is 4.79 Å². The number of nitrogens with one attached hydrogen (secondary N) is 2. The Morgan fingerprint density at radius 3 is 2.00 bits per heavy atom. The Hall–Kier alpha value is -3.93. The molecule has 3 aromatic carbocycles. The molecule has 1 aliphatic heterocycles. The molecule has 3 aromatic rings. The molecule has 0 atom stereocenters. The molecule has 0 spiro atoms. The Bertz CT molecular complexity index is 1040. The molecule has 0 saturated heterocycles. The summed E-state index contributed by atoms with van der Waals surface area (Å²) in [5, 5.41) is 6.08. The zero-order valence-electron chi connectivity index (χ0n) is 15.6. The molecule has 6 nitrogen and oxygen atoms in total. The third kappa shape index (κ3) is 4.01. The summed E-state index contributed by atoms with van der Waals surface area (Å²) in [6, 6.07) is 23.8. The maximum atomic E-state index is 12.4. The Morgan fingerprint density at radius 2 is 1.31 bits per heavy atom. The molecule has 29 heavy (non-hydrogen) atoms. The van der Waals surface area contributed by atoms with Crippen LogP contribution in [0.4, 0.5) is 17.1 Å². The van der Waals surface area contributed by atoms with Gasteiger partial charge in [0.1, 0.15) is 0 Å². The number of carbonyl (C=O) groups is 3. The average molecular weight is 385 g/mol. The smallest absolute Gasteiger partial charge is 0.261 e. The monoisotopic (exact) mass is 385 g/mol. The van der Waals surface area contributed by atoms with E-state index in [0.29, 0.717) is 16.8 Å². The molecule has 144 valence electrons. The second-order valence-electron chi connectivity index (χ2n) is 6.68. The van der Waals surface area contributed by atoms with Gasteiger partial charge in [0.25, 0.3) is 11.8 Å². The van der Waals surface area contributed by atoms with Crippen LogP contribution in [0.25, 0.3) is 0 Å². The number of carbonyl (C=O) groups excluding carboxylic acids is 3. The van der Waals surface area contributed by atoms with Gasteiger partial charge in [0, 0.05) is 30.0 Å². The van der Waals surface area contributed by atoms with Crippen LogP contribution in [0, 0.1) is 0 Å². The molecule has 0 aromatic heterocycles. The predicted octanol–water partition coefficient (Wildman–Crippen LogP) is 4.06. The summed E-state index contributed by atoms with van der Waals surface area (Å²) in [5.74, 6) is -0.974. The molecule has 1 aliphatic rings. The third-order valence-corrected chi connectivity index (χ3v) is 4.65. The number of para-hydroxylation sites is 1. The van der Waals surface area contributed by atoms with Crippen molar-refractivity contribution in [1.82, 2.24) is 4.90 Å². The number of rotatable bonds is 6. The number of hydrogen-bond acceptors (Lipinski definition) is 4. The maximum absolute atomic E-state index is 12.4. The van der Waals surface area contributed by atoms with Crippen molar-refractivity contribution in [1.29, 1.82) is 0 Å². The largest absolute Gasteiger partial charge is 0.355 e. The lowest BCUT2D eigenvalue weighted by atomic mass is 10.1. The Balaban J connectivity index is 1.35. The van der Waals surface area contributed by atoms with Gasteiger partial charge in [0.2, 0.25) is 5.91 Å². The fourth-order valence-corrected chi connectivity index (χ4v) is 3.24. The van der Waals surface area contributed by atoms with Crippen molar-refractivity contribution < 1.29 is 14.4 Å². The van der Waals surface area contributed by atoms with E-state index in [2.05, 4.69) is 10.6 Å². The summed E-state index contributed by atoms with van der Waals surface area (Å²) in [6.45, 7) is 0.0418. The molecule has 0 fully saturated rings. The zero-order chi connectivity index (χ0) is 20.2. The van der Waals surface area contributed by atoms with Crippen molar-refractivity contribution in [2.45, 2.75) is 6.42 Å². The first kappa shape index (κ1) is 18.4. The van der Waals surface area contributed by atoms with Gasteiger partial charge in [-0.05, 0) is 42.5 Å². The van der Waals surface area contributed by atoms with E-state index in [9.17, 15) is 14.4 Å². The zero-order valence-corrected chi connectivity index (χ0v) is 15.6. The van der Waals surface area contributed by atoms with E-state index in [-0.39, 0.29) is 30.7 Å². The molecule has 0 bridgehead atoms. The van der Waals surface area contributed by atoms with E-state index in [1.165, 1.54) is 0 Å². The molecule has 0 saturated carbocycles. The standard InChI is InChI=1S/C23H19N3O3/c27-21(13-14-26-22(28)19-11-4-5-12-20(19)23(26)29)25-18-10-6-9-17(15-18)24-16-7-2-1-3-8-16/h1-12,15,24H,13-14H2,(H,25,27). The van der Waals surface area contributed by atoms with Gasteiger partial charge in [-0.1, -0.05) is 36.4 Å². The highest BCUT2D eigenvalue weighted by Crippen LogP contribution is 2.23. The van der Waals surface area contributed by atoms with Crippen LogP contribution in [0.3, 0.4) is 0 Å².